The first-order valence-electron chi connectivity index (χ1n) is 10.9. The lowest BCUT2D eigenvalue weighted by Gasteiger charge is -2.23. The maximum Gasteiger partial charge on any atom is 0.227 e. The van der Waals surface area contributed by atoms with Crippen molar-refractivity contribution in [3.05, 3.63) is 58.9 Å². The molecule has 3 heterocycles. The van der Waals surface area contributed by atoms with Crippen LogP contribution < -0.4 is 10.2 Å². The fourth-order valence-corrected chi connectivity index (χ4v) is 5.00. The van der Waals surface area contributed by atoms with Crippen LogP contribution in [-0.4, -0.2) is 34.9 Å². The van der Waals surface area contributed by atoms with E-state index in [4.69, 9.17) is 0 Å². The van der Waals surface area contributed by atoms with E-state index in [1.54, 1.807) is 17.7 Å². The van der Waals surface area contributed by atoms with Crippen molar-refractivity contribution >= 4 is 28.8 Å². The van der Waals surface area contributed by atoms with Crippen molar-refractivity contribution in [1.82, 2.24) is 15.3 Å². The summed E-state index contributed by atoms with van der Waals surface area (Å²) in [5.74, 6) is -0.343. The fraction of sp³-hybridized carbons (Fsp3) is 0.375. The highest BCUT2D eigenvalue weighted by Crippen LogP contribution is 2.32. The molecule has 7 heteroatoms. The number of aromatic nitrogens is 2. The molecule has 1 saturated heterocycles. The molecule has 1 atom stereocenters. The Morgan fingerprint density at radius 2 is 2.00 bits per heavy atom. The molecule has 6 nitrogen and oxygen atoms in total. The minimum atomic E-state index is -0.319. The van der Waals surface area contributed by atoms with Gasteiger partial charge in [-0.25, -0.2) is 4.98 Å². The van der Waals surface area contributed by atoms with Gasteiger partial charge in [0.15, 0.2) is 0 Å². The average Bonchev–Trinajstić information content (AvgIpc) is 3.53. The van der Waals surface area contributed by atoms with E-state index in [1.807, 2.05) is 28.5 Å². The van der Waals surface area contributed by atoms with Gasteiger partial charge < -0.3 is 15.2 Å². The second-order valence-corrected chi connectivity index (χ2v) is 8.73. The molecule has 1 unspecified atom stereocenters. The van der Waals surface area contributed by atoms with E-state index in [-0.39, 0.29) is 24.2 Å². The van der Waals surface area contributed by atoms with Gasteiger partial charge in [0.2, 0.25) is 11.8 Å². The molecular weight excluding hydrogens is 408 g/mol. The zero-order chi connectivity index (χ0) is 21.8. The number of nitrogens with one attached hydrogen (secondary N) is 2. The summed E-state index contributed by atoms with van der Waals surface area (Å²) in [4.78, 5) is 36.1. The summed E-state index contributed by atoms with van der Waals surface area (Å²) in [6.45, 7) is 5.15. The highest BCUT2D eigenvalue weighted by molar-refractivity contribution is 7.13. The predicted molar refractivity (Wildman–Crippen MR) is 124 cm³/mol. The number of rotatable bonds is 8. The molecule has 2 amide bonds. The van der Waals surface area contributed by atoms with Crippen molar-refractivity contribution < 1.29 is 9.59 Å². The summed E-state index contributed by atoms with van der Waals surface area (Å²) in [7, 11) is 0. The van der Waals surface area contributed by atoms with E-state index in [9.17, 15) is 9.59 Å². The lowest BCUT2D eigenvalue weighted by molar-refractivity contribution is -0.126. The Labute approximate surface area is 186 Å². The molecule has 162 valence electrons. The van der Waals surface area contributed by atoms with Crippen LogP contribution in [0.15, 0.2) is 42.0 Å². The first kappa shape index (κ1) is 21.3. The van der Waals surface area contributed by atoms with Crippen molar-refractivity contribution in [3.8, 4) is 10.6 Å². The Bertz CT molecular complexity index is 1040. The second kappa shape index (κ2) is 9.47. The number of aromatic amines is 1. The quantitative estimate of drug-likeness (QED) is 0.561. The number of thiophene rings is 1. The van der Waals surface area contributed by atoms with E-state index in [0.29, 0.717) is 19.5 Å². The van der Waals surface area contributed by atoms with E-state index in [0.717, 1.165) is 45.9 Å². The lowest BCUT2D eigenvalue weighted by Crippen LogP contribution is -2.34. The summed E-state index contributed by atoms with van der Waals surface area (Å²) in [5.41, 5.74) is 5.28. The Morgan fingerprint density at radius 3 is 2.68 bits per heavy atom. The summed E-state index contributed by atoms with van der Waals surface area (Å²) in [5, 5.41) is 5.05. The summed E-state index contributed by atoms with van der Waals surface area (Å²) >= 11 is 1.65. The Balaban J connectivity index is 1.38. The predicted octanol–water partition coefficient (Wildman–Crippen LogP) is 3.97. The number of imidazole rings is 1. The summed E-state index contributed by atoms with van der Waals surface area (Å²) < 4.78 is 0. The Kier molecular flexibility index (Phi) is 6.51. The molecule has 1 fully saturated rings. The molecular formula is C24H28N4O2S. The number of benzene rings is 1. The van der Waals surface area contributed by atoms with Crippen molar-refractivity contribution in [2.45, 2.75) is 39.5 Å². The van der Waals surface area contributed by atoms with Crippen molar-refractivity contribution in [1.29, 1.82) is 0 Å². The molecule has 0 aliphatic carbocycles. The van der Waals surface area contributed by atoms with E-state index >= 15 is 0 Å². The van der Waals surface area contributed by atoms with Gasteiger partial charge in [-0.05, 0) is 35.4 Å². The van der Waals surface area contributed by atoms with Gasteiger partial charge in [0.1, 0.15) is 5.69 Å². The minimum Gasteiger partial charge on any atom is -0.355 e. The largest absolute Gasteiger partial charge is 0.355 e. The third-order valence-electron chi connectivity index (χ3n) is 5.88. The molecule has 0 bridgehead atoms. The van der Waals surface area contributed by atoms with Crippen LogP contribution in [0.5, 0.6) is 0 Å². The maximum absolute atomic E-state index is 12.8. The summed E-state index contributed by atoms with van der Waals surface area (Å²) in [6.07, 6.45) is 4.34. The summed E-state index contributed by atoms with van der Waals surface area (Å²) in [6, 6.07) is 10.2. The first-order chi connectivity index (χ1) is 15.1. The molecule has 4 rings (SSSR count). The highest BCUT2D eigenvalue weighted by Gasteiger charge is 2.36. The number of para-hydroxylation sites is 1. The smallest absolute Gasteiger partial charge is 0.227 e. The van der Waals surface area contributed by atoms with Crippen LogP contribution in [-0.2, 0) is 28.9 Å². The van der Waals surface area contributed by atoms with Crippen LogP contribution in [0.3, 0.4) is 0 Å². The monoisotopic (exact) mass is 436 g/mol. The van der Waals surface area contributed by atoms with Gasteiger partial charge in [0.25, 0.3) is 0 Å². The molecule has 2 aromatic heterocycles. The van der Waals surface area contributed by atoms with Gasteiger partial charge >= 0.3 is 0 Å². The number of hydrogen-bond donors (Lipinski definition) is 2. The normalized spacial score (nSPS) is 16.1. The van der Waals surface area contributed by atoms with Crippen LogP contribution in [0.2, 0.25) is 0 Å². The van der Waals surface area contributed by atoms with Gasteiger partial charge in [-0.1, -0.05) is 38.1 Å². The van der Waals surface area contributed by atoms with E-state index in [2.05, 4.69) is 41.3 Å². The molecule has 3 aromatic rings. The number of anilines is 1. The van der Waals surface area contributed by atoms with Gasteiger partial charge in [0, 0.05) is 37.3 Å². The molecule has 1 aromatic carbocycles. The standard InChI is InChI=1S/C24H28N4O2S/c1-3-16-7-5-8-17(4-2)23(16)28-14-18(13-21(28)29)24(30)25-11-10-19-22(27-15-26-19)20-9-6-12-31-20/h5-9,12,15,18H,3-4,10-11,13-14H2,1-2H3,(H,25,30)(H,26,27). The van der Waals surface area contributed by atoms with Crippen molar-refractivity contribution in [2.24, 2.45) is 5.92 Å². The SMILES string of the molecule is CCc1cccc(CC)c1N1CC(C(=O)NCCc2[nH]cnc2-c2cccs2)CC1=O. The van der Waals surface area contributed by atoms with Gasteiger partial charge in [-0.15, -0.1) is 11.3 Å². The lowest BCUT2D eigenvalue weighted by atomic mass is 10.0. The number of carbonyl (C=O) groups excluding carboxylic acids is 2. The molecule has 0 spiro atoms. The van der Waals surface area contributed by atoms with Gasteiger partial charge in [0.05, 0.1) is 17.1 Å². The molecule has 0 radical (unpaired) electrons. The third kappa shape index (κ3) is 4.42. The first-order valence-corrected chi connectivity index (χ1v) is 11.7. The highest BCUT2D eigenvalue weighted by atomic mass is 32.1. The maximum atomic E-state index is 12.8. The third-order valence-corrected chi connectivity index (χ3v) is 6.75. The molecule has 1 aliphatic rings. The number of carbonyl (C=O) groups is 2. The number of aryl methyl sites for hydroxylation is 2. The van der Waals surface area contributed by atoms with Crippen LogP contribution in [0.1, 0.15) is 37.1 Å². The van der Waals surface area contributed by atoms with Gasteiger partial charge in [-0.3, -0.25) is 9.59 Å². The second-order valence-electron chi connectivity index (χ2n) is 7.79. The number of amides is 2. The number of nitrogens with zero attached hydrogens (tertiary/aromatic N) is 2. The van der Waals surface area contributed by atoms with Crippen molar-refractivity contribution in [2.75, 3.05) is 18.0 Å². The van der Waals surface area contributed by atoms with Crippen molar-refractivity contribution in [3.63, 3.8) is 0 Å². The molecule has 1 aliphatic heterocycles. The molecule has 31 heavy (non-hydrogen) atoms. The Hall–Kier alpha value is -2.93. The minimum absolute atomic E-state index is 0.0318. The zero-order valence-corrected chi connectivity index (χ0v) is 18.8. The Morgan fingerprint density at radius 1 is 1.23 bits per heavy atom. The number of H-pyrrole nitrogens is 1. The molecule has 0 saturated carbocycles. The van der Waals surface area contributed by atoms with Crippen LogP contribution >= 0.6 is 11.3 Å². The van der Waals surface area contributed by atoms with Gasteiger partial charge in [-0.2, -0.15) is 0 Å². The van der Waals surface area contributed by atoms with E-state index in [1.165, 1.54) is 0 Å². The average molecular weight is 437 g/mol. The van der Waals surface area contributed by atoms with E-state index < -0.39 is 0 Å². The topological polar surface area (TPSA) is 78.1 Å². The number of hydrogen-bond acceptors (Lipinski definition) is 4. The van der Waals surface area contributed by atoms with Crippen LogP contribution in [0.25, 0.3) is 10.6 Å². The van der Waals surface area contributed by atoms with Crippen LogP contribution in [0.4, 0.5) is 5.69 Å². The fourth-order valence-electron chi connectivity index (χ4n) is 4.25. The zero-order valence-electron chi connectivity index (χ0n) is 18.0. The molecule has 2 N–H and O–H groups in total. The van der Waals surface area contributed by atoms with Crippen LogP contribution in [0, 0.1) is 5.92 Å².